The lowest BCUT2D eigenvalue weighted by molar-refractivity contribution is 0.178. The SMILES string of the molecule is CCNC(=NCc1c(CC)nn(C)c1CC)NCCN(C(C)C)C(C)C.I. The van der Waals surface area contributed by atoms with Crippen LogP contribution in [-0.2, 0) is 26.4 Å². The smallest absolute Gasteiger partial charge is 0.191 e. The molecule has 0 aliphatic heterocycles. The first-order valence-corrected chi connectivity index (χ1v) is 10.2. The quantitative estimate of drug-likeness (QED) is 0.299. The first kappa shape index (κ1) is 26.2. The highest BCUT2D eigenvalue weighted by Crippen LogP contribution is 2.16. The van der Waals surface area contributed by atoms with Gasteiger partial charge in [-0.05, 0) is 47.5 Å². The summed E-state index contributed by atoms with van der Waals surface area (Å²) >= 11 is 0. The Kier molecular flexibility index (Phi) is 13.0. The van der Waals surface area contributed by atoms with Crippen LogP contribution in [0.15, 0.2) is 4.99 Å². The fourth-order valence-corrected chi connectivity index (χ4v) is 3.49. The number of hydrogen-bond acceptors (Lipinski definition) is 3. The van der Waals surface area contributed by atoms with Gasteiger partial charge in [-0.1, -0.05) is 13.8 Å². The molecular weight excluding hydrogens is 451 g/mol. The van der Waals surface area contributed by atoms with E-state index in [1.54, 1.807) is 0 Å². The number of nitrogens with zero attached hydrogens (tertiary/aromatic N) is 4. The van der Waals surface area contributed by atoms with Crippen molar-refractivity contribution >= 4 is 29.9 Å². The minimum absolute atomic E-state index is 0. The summed E-state index contributed by atoms with van der Waals surface area (Å²) in [5.41, 5.74) is 3.72. The van der Waals surface area contributed by atoms with Crippen molar-refractivity contribution in [1.29, 1.82) is 0 Å². The van der Waals surface area contributed by atoms with Gasteiger partial charge in [-0.2, -0.15) is 5.10 Å². The van der Waals surface area contributed by atoms with E-state index in [-0.39, 0.29) is 24.0 Å². The second kappa shape index (κ2) is 13.4. The molecule has 0 saturated heterocycles. The average Bonchev–Trinajstić information content (AvgIpc) is 2.90. The molecule has 0 fully saturated rings. The first-order valence-electron chi connectivity index (χ1n) is 10.2. The number of aromatic nitrogens is 2. The van der Waals surface area contributed by atoms with E-state index >= 15 is 0 Å². The third kappa shape index (κ3) is 7.97. The van der Waals surface area contributed by atoms with Crippen LogP contribution in [0, 0.1) is 0 Å². The standard InChI is InChI=1S/C20H40N6.HI/c1-9-18-17(19(10-2)25(8)24-18)14-23-20(21-11-3)22-12-13-26(15(4)5)16(6)7;/h15-16H,9-14H2,1-8H3,(H2,21,22,23);1H. The van der Waals surface area contributed by atoms with Crippen LogP contribution in [0.5, 0.6) is 0 Å². The Labute approximate surface area is 183 Å². The Morgan fingerprint density at radius 2 is 1.70 bits per heavy atom. The Hall–Kier alpha value is -0.830. The summed E-state index contributed by atoms with van der Waals surface area (Å²) < 4.78 is 2.01. The van der Waals surface area contributed by atoms with E-state index in [1.807, 2.05) is 11.7 Å². The Morgan fingerprint density at radius 3 is 2.19 bits per heavy atom. The summed E-state index contributed by atoms with van der Waals surface area (Å²) in [5, 5.41) is 11.5. The molecule has 2 N–H and O–H groups in total. The van der Waals surface area contributed by atoms with Gasteiger partial charge in [0, 0.05) is 50.0 Å². The van der Waals surface area contributed by atoms with Gasteiger partial charge in [0.1, 0.15) is 0 Å². The van der Waals surface area contributed by atoms with Crippen molar-refractivity contribution < 1.29 is 0 Å². The van der Waals surface area contributed by atoms with Gasteiger partial charge in [0.2, 0.25) is 0 Å². The molecule has 0 saturated carbocycles. The average molecular weight is 492 g/mol. The van der Waals surface area contributed by atoms with Crippen LogP contribution < -0.4 is 10.6 Å². The number of rotatable bonds is 10. The van der Waals surface area contributed by atoms with Crippen molar-refractivity contribution in [3.8, 4) is 0 Å². The molecular formula is C20H41IN6. The monoisotopic (exact) mass is 492 g/mol. The summed E-state index contributed by atoms with van der Waals surface area (Å²) in [6, 6.07) is 1.09. The molecule has 0 unspecified atom stereocenters. The largest absolute Gasteiger partial charge is 0.357 e. The summed E-state index contributed by atoms with van der Waals surface area (Å²) in [7, 11) is 2.03. The van der Waals surface area contributed by atoms with Crippen molar-refractivity contribution in [1.82, 2.24) is 25.3 Å². The van der Waals surface area contributed by atoms with Crippen LogP contribution in [0.3, 0.4) is 0 Å². The number of hydrogen-bond donors (Lipinski definition) is 2. The molecule has 1 rings (SSSR count). The third-order valence-corrected chi connectivity index (χ3v) is 4.76. The van der Waals surface area contributed by atoms with Gasteiger partial charge in [-0.15, -0.1) is 24.0 Å². The maximum absolute atomic E-state index is 4.82. The molecule has 1 aromatic heterocycles. The van der Waals surface area contributed by atoms with Gasteiger partial charge in [0.25, 0.3) is 0 Å². The molecule has 0 aliphatic rings. The number of aryl methyl sites for hydroxylation is 2. The highest BCUT2D eigenvalue weighted by atomic mass is 127. The van der Waals surface area contributed by atoms with Crippen LogP contribution in [0.1, 0.15) is 65.4 Å². The first-order chi connectivity index (χ1) is 12.3. The topological polar surface area (TPSA) is 57.5 Å². The van der Waals surface area contributed by atoms with Crippen LogP contribution in [0.2, 0.25) is 0 Å². The van der Waals surface area contributed by atoms with Crippen molar-refractivity contribution in [2.45, 2.75) is 79.9 Å². The lowest BCUT2D eigenvalue weighted by atomic mass is 10.1. The van der Waals surface area contributed by atoms with E-state index in [9.17, 15) is 0 Å². The molecule has 0 atom stereocenters. The lowest BCUT2D eigenvalue weighted by Crippen LogP contribution is -2.45. The van der Waals surface area contributed by atoms with Gasteiger partial charge >= 0.3 is 0 Å². The summed E-state index contributed by atoms with van der Waals surface area (Å²) in [6.45, 7) is 18.9. The van der Waals surface area contributed by atoms with Gasteiger partial charge in [0.05, 0.1) is 12.2 Å². The zero-order chi connectivity index (χ0) is 19.7. The van der Waals surface area contributed by atoms with Crippen molar-refractivity contribution in [3.05, 3.63) is 17.0 Å². The maximum atomic E-state index is 4.82. The second-order valence-electron chi connectivity index (χ2n) is 7.25. The number of halogens is 1. The molecule has 1 heterocycles. The van der Waals surface area contributed by atoms with Crippen LogP contribution in [0.4, 0.5) is 0 Å². The van der Waals surface area contributed by atoms with E-state index in [0.717, 1.165) is 44.1 Å². The maximum Gasteiger partial charge on any atom is 0.191 e. The minimum atomic E-state index is 0. The van der Waals surface area contributed by atoms with E-state index in [4.69, 9.17) is 4.99 Å². The number of guanidine groups is 1. The number of nitrogens with one attached hydrogen (secondary N) is 2. The van der Waals surface area contributed by atoms with Crippen LogP contribution >= 0.6 is 24.0 Å². The van der Waals surface area contributed by atoms with E-state index < -0.39 is 0 Å². The van der Waals surface area contributed by atoms with Gasteiger partial charge in [0.15, 0.2) is 5.96 Å². The summed E-state index contributed by atoms with van der Waals surface area (Å²) in [6.07, 6.45) is 1.93. The van der Waals surface area contributed by atoms with Gasteiger partial charge in [-0.3, -0.25) is 9.58 Å². The predicted molar refractivity (Wildman–Crippen MR) is 127 cm³/mol. The molecule has 0 radical (unpaired) electrons. The zero-order valence-electron chi connectivity index (χ0n) is 18.6. The molecule has 158 valence electrons. The minimum Gasteiger partial charge on any atom is -0.357 e. The Balaban J connectivity index is 0.00000676. The van der Waals surface area contributed by atoms with Crippen LogP contribution in [-0.4, -0.2) is 52.4 Å². The molecule has 1 aromatic rings. The molecule has 0 bridgehead atoms. The van der Waals surface area contributed by atoms with E-state index in [0.29, 0.717) is 18.6 Å². The van der Waals surface area contributed by atoms with Crippen molar-refractivity contribution in [3.63, 3.8) is 0 Å². The summed E-state index contributed by atoms with van der Waals surface area (Å²) in [4.78, 5) is 7.31. The predicted octanol–water partition coefficient (Wildman–Crippen LogP) is 3.34. The molecule has 0 aliphatic carbocycles. The summed E-state index contributed by atoms with van der Waals surface area (Å²) in [5.74, 6) is 0.882. The van der Waals surface area contributed by atoms with Crippen molar-refractivity contribution in [2.75, 3.05) is 19.6 Å². The Bertz CT molecular complexity index is 557. The molecule has 0 aromatic carbocycles. The highest BCUT2D eigenvalue weighted by Gasteiger charge is 2.14. The fourth-order valence-electron chi connectivity index (χ4n) is 3.49. The normalized spacial score (nSPS) is 12.0. The van der Waals surface area contributed by atoms with Gasteiger partial charge < -0.3 is 10.6 Å². The fraction of sp³-hybridized carbons (Fsp3) is 0.800. The van der Waals surface area contributed by atoms with Gasteiger partial charge in [-0.25, -0.2) is 4.99 Å². The lowest BCUT2D eigenvalue weighted by Gasteiger charge is -2.30. The van der Waals surface area contributed by atoms with E-state index in [2.05, 4.69) is 69.1 Å². The number of aliphatic imine (C=N–C) groups is 1. The molecule has 27 heavy (non-hydrogen) atoms. The van der Waals surface area contributed by atoms with Crippen molar-refractivity contribution in [2.24, 2.45) is 12.0 Å². The Morgan fingerprint density at radius 1 is 1.07 bits per heavy atom. The zero-order valence-corrected chi connectivity index (χ0v) is 20.9. The van der Waals surface area contributed by atoms with E-state index in [1.165, 1.54) is 11.3 Å². The molecule has 0 amide bonds. The molecule has 6 nitrogen and oxygen atoms in total. The van der Waals surface area contributed by atoms with Crippen LogP contribution in [0.25, 0.3) is 0 Å². The molecule has 7 heteroatoms. The highest BCUT2D eigenvalue weighted by molar-refractivity contribution is 14.0. The second-order valence-corrected chi connectivity index (χ2v) is 7.25. The third-order valence-electron chi connectivity index (χ3n) is 4.76. The molecule has 0 spiro atoms.